The van der Waals surface area contributed by atoms with Crippen molar-refractivity contribution in [1.82, 2.24) is 9.66 Å². The summed E-state index contributed by atoms with van der Waals surface area (Å²) in [4.78, 5) is 30.3. The Morgan fingerprint density at radius 1 is 1.07 bits per heavy atom. The second-order valence-corrected chi connectivity index (χ2v) is 9.79. The fourth-order valence-electron chi connectivity index (χ4n) is 4.33. The fourth-order valence-corrected chi connectivity index (χ4v) is 4.60. The molecular weight excluding hydrogens is 562 g/mol. The van der Waals surface area contributed by atoms with E-state index in [1.165, 1.54) is 10.9 Å². The largest absolute Gasteiger partial charge is 0.496 e. The van der Waals surface area contributed by atoms with Gasteiger partial charge in [-0.3, -0.25) is 4.79 Å². The molecule has 5 rings (SSSR count). The lowest BCUT2D eigenvalue weighted by Crippen LogP contribution is -2.20. The fraction of sp³-hybridized carbons (Fsp3) is 0.226. The minimum Gasteiger partial charge on any atom is -0.496 e. The Bertz CT molecular complexity index is 1860. The first kappa shape index (κ1) is 28.7. The molecule has 0 spiro atoms. The molecule has 5 aromatic rings. The second kappa shape index (κ2) is 12.4. The standard InChI is InChI=1S/C31H28ClN3O7/c1-5-39-26-14-19(13-22(32)29(26)40-17-28(36)41-18(2)3)16-33-35-30(34-23-10-7-6-9-20(23)31(35)37)27-15-21-24(38-4)11-8-12-25(21)42-27/h6-16,18H,5,17H2,1-4H3. The average Bonchev–Trinajstić information content (AvgIpc) is 3.40. The number of rotatable bonds is 10. The van der Waals surface area contributed by atoms with Crippen molar-refractivity contribution in [2.24, 2.45) is 5.10 Å². The summed E-state index contributed by atoms with van der Waals surface area (Å²) in [6.45, 7) is 5.28. The normalized spacial score (nSPS) is 11.5. The second-order valence-electron chi connectivity index (χ2n) is 9.39. The van der Waals surface area contributed by atoms with Crippen molar-refractivity contribution in [3.05, 3.63) is 81.6 Å². The van der Waals surface area contributed by atoms with Gasteiger partial charge >= 0.3 is 5.97 Å². The Morgan fingerprint density at radius 3 is 2.64 bits per heavy atom. The molecule has 0 aliphatic heterocycles. The van der Waals surface area contributed by atoms with Gasteiger partial charge < -0.3 is 23.4 Å². The van der Waals surface area contributed by atoms with E-state index in [0.29, 0.717) is 45.9 Å². The Hall–Kier alpha value is -4.83. The van der Waals surface area contributed by atoms with Crippen LogP contribution in [0.4, 0.5) is 0 Å². The molecule has 11 heteroatoms. The number of esters is 1. The number of benzene rings is 3. The molecule has 0 amide bonds. The highest BCUT2D eigenvalue weighted by molar-refractivity contribution is 6.32. The molecule has 0 fully saturated rings. The smallest absolute Gasteiger partial charge is 0.344 e. The molecule has 0 radical (unpaired) electrons. The summed E-state index contributed by atoms with van der Waals surface area (Å²) < 4.78 is 29.2. The number of furan rings is 1. The highest BCUT2D eigenvalue weighted by Crippen LogP contribution is 2.37. The number of carbonyl (C=O) groups excluding carboxylic acids is 1. The zero-order chi connectivity index (χ0) is 29.8. The van der Waals surface area contributed by atoms with Gasteiger partial charge in [0.05, 0.1) is 47.3 Å². The molecule has 0 saturated heterocycles. The maximum absolute atomic E-state index is 13.6. The zero-order valence-corrected chi connectivity index (χ0v) is 24.2. The van der Waals surface area contributed by atoms with Crippen molar-refractivity contribution in [3.8, 4) is 28.8 Å². The SMILES string of the molecule is CCOc1cc(C=Nn2c(-c3cc4c(OC)cccc4o3)nc3ccccc3c2=O)cc(Cl)c1OCC(=O)OC(C)C. The predicted octanol–water partition coefficient (Wildman–Crippen LogP) is 6.08. The molecule has 2 aromatic heterocycles. The number of ether oxygens (including phenoxy) is 4. The van der Waals surface area contributed by atoms with Gasteiger partial charge in [0.1, 0.15) is 11.3 Å². The van der Waals surface area contributed by atoms with Gasteiger partial charge in [0.25, 0.3) is 5.56 Å². The number of methoxy groups -OCH3 is 1. The molecule has 10 nitrogen and oxygen atoms in total. The summed E-state index contributed by atoms with van der Waals surface area (Å²) in [7, 11) is 1.57. The number of hydrogen-bond donors (Lipinski definition) is 0. The van der Waals surface area contributed by atoms with E-state index in [4.69, 9.17) is 39.9 Å². The number of halogens is 1. The molecule has 0 N–H and O–H groups in total. The van der Waals surface area contributed by atoms with E-state index in [0.717, 1.165) is 5.39 Å². The van der Waals surface area contributed by atoms with Crippen molar-refractivity contribution < 1.29 is 28.2 Å². The molecule has 0 aliphatic rings. The van der Waals surface area contributed by atoms with Crippen LogP contribution in [0.15, 0.2) is 75.0 Å². The van der Waals surface area contributed by atoms with Crippen molar-refractivity contribution in [2.45, 2.75) is 26.9 Å². The lowest BCUT2D eigenvalue weighted by atomic mass is 10.2. The van der Waals surface area contributed by atoms with E-state index in [9.17, 15) is 9.59 Å². The Labute approximate surface area is 246 Å². The van der Waals surface area contributed by atoms with Crippen LogP contribution in [-0.2, 0) is 9.53 Å². The van der Waals surface area contributed by atoms with E-state index in [1.54, 1.807) is 76.4 Å². The summed E-state index contributed by atoms with van der Waals surface area (Å²) >= 11 is 6.52. The third kappa shape index (κ3) is 5.94. The summed E-state index contributed by atoms with van der Waals surface area (Å²) in [5.74, 6) is 1.12. The minimum atomic E-state index is -0.534. The number of hydrogen-bond acceptors (Lipinski definition) is 9. The van der Waals surface area contributed by atoms with Crippen molar-refractivity contribution in [2.75, 3.05) is 20.3 Å². The third-order valence-electron chi connectivity index (χ3n) is 6.07. The van der Waals surface area contributed by atoms with Crippen LogP contribution in [-0.4, -0.2) is 48.3 Å². The average molecular weight is 590 g/mol. The molecule has 3 aromatic carbocycles. The molecule has 42 heavy (non-hydrogen) atoms. The topological polar surface area (TPSA) is 114 Å². The van der Waals surface area contributed by atoms with E-state index < -0.39 is 5.97 Å². The molecule has 216 valence electrons. The van der Waals surface area contributed by atoms with Gasteiger partial charge in [0, 0.05) is 0 Å². The highest BCUT2D eigenvalue weighted by atomic mass is 35.5. The van der Waals surface area contributed by atoms with Crippen molar-refractivity contribution >= 4 is 45.7 Å². The predicted molar refractivity (Wildman–Crippen MR) is 160 cm³/mol. The van der Waals surface area contributed by atoms with E-state index in [-0.39, 0.29) is 34.9 Å². The molecule has 2 heterocycles. The zero-order valence-electron chi connectivity index (χ0n) is 23.4. The molecule has 0 saturated carbocycles. The van der Waals surface area contributed by atoms with Crippen molar-refractivity contribution in [1.29, 1.82) is 0 Å². The Kier molecular flexibility index (Phi) is 8.44. The van der Waals surface area contributed by atoms with Gasteiger partial charge in [-0.2, -0.15) is 9.78 Å². The maximum atomic E-state index is 13.6. The summed E-state index contributed by atoms with van der Waals surface area (Å²) in [5, 5.41) is 5.80. The number of para-hydroxylation sites is 1. The van der Waals surface area contributed by atoms with Crippen LogP contribution < -0.4 is 19.8 Å². The van der Waals surface area contributed by atoms with Gasteiger partial charge in [-0.15, -0.1) is 0 Å². The monoisotopic (exact) mass is 589 g/mol. The van der Waals surface area contributed by atoms with Gasteiger partial charge in [-0.05, 0) is 68.8 Å². The van der Waals surface area contributed by atoms with Crippen LogP contribution >= 0.6 is 11.6 Å². The van der Waals surface area contributed by atoms with Crippen LogP contribution in [0.3, 0.4) is 0 Å². The molecular formula is C31H28ClN3O7. The molecule has 0 bridgehead atoms. The molecule has 0 atom stereocenters. The van der Waals surface area contributed by atoms with E-state index >= 15 is 0 Å². The lowest BCUT2D eigenvalue weighted by Gasteiger charge is -2.15. The first-order valence-electron chi connectivity index (χ1n) is 13.2. The Balaban J connectivity index is 1.57. The number of carbonyl (C=O) groups is 1. The van der Waals surface area contributed by atoms with Crippen LogP contribution in [0.1, 0.15) is 26.3 Å². The minimum absolute atomic E-state index is 0.188. The maximum Gasteiger partial charge on any atom is 0.344 e. The van der Waals surface area contributed by atoms with Crippen molar-refractivity contribution in [3.63, 3.8) is 0 Å². The van der Waals surface area contributed by atoms with E-state index in [1.807, 2.05) is 12.1 Å². The van der Waals surface area contributed by atoms with Crippen LogP contribution in [0.2, 0.25) is 5.02 Å². The van der Waals surface area contributed by atoms with E-state index in [2.05, 4.69) is 5.10 Å². The quantitative estimate of drug-likeness (QED) is 0.142. The highest BCUT2D eigenvalue weighted by Gasteiger charge is 2.19. The molecule has 0 aliphatic carbocycles. The summed E-state index contributed by atoms with van der Waals surface area (Å²) in [6, 6.07) is 17.4. The van der Waals surface area contributed by atoms with Crippen LogP contribution in [0.5, 0.6) is 17.2 Å². The number of aromatic nitrogens is 2. The van der Waals surface area contributed by atoms with Gasteiger partial charge in [-0.25, -0.2) is 9.78 Å². The van der Waals surface area contributed by atoms with Gasteiger partial charge in [-0.1, -0.05) is 29.8 Å². The van der Waals surface area contributed by atoms with Gasteiger partial charge in [0.2, 0.25) is 5.82 Å². The first-order chi connectivity index (χ1) is 20.3. The summed E-state index contributed by atoms with van der Waals surface area (Å²) in [5.41, 5.74) is 1.19. The van der Waals surface area contributed by atoms with Crippen LogP contribution in [0, 0.1) is 0 Å². The Morgan fingerprint density at radius 2 is 1.88 bits per heavy atom. The number of fused-ring (bicyclic) bond motifs is 2. The van der Waals surface area contributed by atoms with Gasteiger partial charge in [0.15, 0.2) is 23.9 Å². The summed E-state index contributed by atoms with van der Waals surface area (Å²) in [6.07, 6.45) is 1.18. The number of nitrogens with zero attached hydrogens (tertiary/aromatic N) is 3. The third-order valence-corrected chi connectivity index (χ3v) is 6.35. The van der Waals surface area contributed by atoms with Crippen LogP contribution in [0.25, 0.3) is 33.5 Å². The molecule has 0 unspecified atom stereocenters. The lowest BCUT2D eigenvalue weighted by molar-refractivity contribution is -0.149. The first-order valence-corrected chi connectivity index (χ1v) is 13.6.